The van der Waals surface area contributed by atoms with Gasteiger partial charge in [-0.25, -0.2) is 8.42 Å². The number of unbranched alkanes of at least 4 members (excludes halogenated alkanes) is 1. The second-order valence-corrected chi connectivity index (χ2v) is 6.06. The van der Waals surface area contributed by atoms with Gasteiger partial charge in [-0.1, -0.05) is 24.9 Å². The van der Waals surface area contributed by atoms with Crippen molar-refractivity contribution in [1.29, 1.82) is 0 Å². The van der Waals surface area contributed by atoms with Gasteiger partial charge in [-0.3, -0.25) is 10.1 Å². The van der Waals surface area contributed by atoms with Gasteiger partial charge >= 0.3 is 0 Å². The van der Waals surface area contributed by atoms with Gasteiger partial charge < -0.3 is 0 Å². The van der Waals surface area contributed by atoms with E-state index in [-0.39, 0.29) is 21.4 Å². The summed E-state index contributed by atoms with van der Waals surface area (Å²) in [6, 6.07) is 3.53. The first-order valence-corrected chi connectivity index (χ1v) is 7.08. The van der Waals surface area contributed by atoms with Crippen LogP contribution in [0.5, 0.6) is 0 Å². The molecule has 94 valence electrons. The van der Waals surface area contributed by atoms with Crippen LogP contribution in [0.3, 0.4) is 0 Å². The third kappa shape index (κ3) is 3.41. The smallest absolute Gasteiger partial charge is 0.258 e. The summed E-state index contributed by atoms with van der Waals surface area (Å²) in [6.45, 7) is 1.87. The van der Waals surface area contributed by atoms with E-state index in [0.717, 1.165) is 12.5 Å². The molecule has 0 aliphatic heterocycles. The van der Waals surface area contributed by atoms with Crippen LogP contribution < -0.4 is 0 Å². The maximum Gasteiger partial charge on any atom is 0.289 e. The van der Waals surface area contributed by atoms with E-state index >= 15 is 0 Å². The molecular formula is C10H12ClNO4S. The van der Waals surface area contributed by atoms with Gasteiger partial charge in [0.05, 0.1) is 15.6 Å². The van der Waals surface area contributed by atoms with E-state index in [4.69, 9.17) is 11.6 Å². The average Bonchev–Trinajstić information content (AvgIpc) is 2.26. The van der Waals surface area contributed by atoms with Crippen molar-refractivity contribution in [3.05, 3.63) is 33.3 Å². The Bertz CT molecular complexity index is 527. The number of halogens is 1. The summed E-state index contributed by atoms with van der Waals surface area (Å²) in [4.78, 5) is 9.89. The van der Waals surface area contributed by atoms with Crippen molar-refractivity contribution >= 4 is 27.1 Å². The van der Waals surface area contributed by atoms with Crippen molar-refractivity contribution in [2.75, 3.05) is 5.75 Å². The summed E-state index contributed by atoms with van der Waals surface area (Å²) in [5, 5.41) is 10.6. The molecule has 0 bridgehead atoms. The minimum Gasteiger partial charge on any atom is -0.258 e. The number of rotatable bonds is 5. The van der Waals surface area contributed by atoms with Crippen molar-refractivity contribution < 1.29 is 13.3 Å². The third-order valence-electron chi connectivity index (χ3n) is 2.24. The Morgan fingerprint density at radius 2 is 2.06 bits per heavy atom. The SMILES string of the molecule is CCCCS(=O)(=O)c1ccc(Cl)c([N+](=O)[O-])c1. The van der Waals surface area contributed by atoms with E-state index in [1.54, 1.807) is 0 Å². The van der Waals surface area contributed by atoms with E-state index in [1.807, 2.05) is 6.92 Å². The van der Waals surface area contributed by atoms with Crippen LogP contribution in [-0.4, -0.2) is 19.1 Å². The molecule has 0 atom stereocenters. The largest absolute Gasteiger partial charge is 0.289 e. The van der Waals surface area contributed by atoms with Crippen molar-refractivity contribution in [3.63, 3.8) is 0 Å². The molecular weight excluding hydrogens is 266 g/mol. The van der Waals surface area contributed by atoms with Crippen LogP contribution in [0.15, 0.2) is 23.1 Å². The van der Waals surface area contributed by atoms with Crippen LogP contribution >= 0.6 is 11.6 Å². The minimum atomic E-state index is -3.46. The summed E-state index contributed by atoms with van der Waals surface area (Å²) in [7, 11) is -3.46. The molecule has 5 nitrogen and oxygen atoms in total. The van der Waals surface area contributed by atoms with Crippen LogP contribution in [0.2, 0.25) is 5.02 Å². The van der Waals surface area contributed by atoms with E-state index in [9.17, 15) is 18.5 Å². The van der Waals surface area contributed by atoms with Crippen molar-refractivity contribution in [1.82, 2.24) is 0 Å². The van der Waals surface area contributed by atoms with Crippen molar-refractivity contribution in [2.24, 2.45) is 0 Å². The Labute approximate surface area is 104 Å². The molecule has 0 amide bonds. The normalized spacial score (nSPS) is 11.4. The molecule has 1 aromatic rings. The number of hydrogen-bond acceptors (Lipinski definition) is 4. The second-order valence-electron chi connectivity index (χ2n) is 3.54. The van der Waals surface area contributed by atoms with Gasteiger partial charge in [0.2, 0.25) is 0 Å². The number of hydrogen-bond donors (Lipinski definition) is 0. The monoisotopic (exact) mass is 277 g/mol. The lowest BCUT2D eigenvalue weighted by atomic mass is 10.3. The van der Waals surface area contributed by atoms with E-state index in [0.29, 0.717) is 6.42 Å². The molecule has 7 heteroatoms. The maximum absolute atomic E-state index is 11.8. The fraction of sp³-hybridized carbons (Fsp3) is 0.400. The van der Waals surface area contributed by atoms with E-state index in [2.05, 4.69) is 0 Å². The minimum absolute atomic E-state index is 0.0116. The molecule has 0 saturated carbocycles. The Balaban J connectivity index is 3.16. The lowest BCUT2D eigenvalue weighted by Crippen LogP contribution is -2.07. The van der Waals surface area contributed by atoms with Crippen LogP contribution in [0, 0.1) is 10.1 Å². The quantitative estimate of drug-likeness (QED) is 0.612. The Morgan fingerprint density at radius 3 is 2.59 bits per heavy atom. The van der Waals surface area contributed by atoms with Crippen molar-refractivity contribution in [2.45, 2.75) is 24.7 Å². The van der Waals surface area contributed by atoms with Crippen LogP contribution in [0.4, 0.5) is 5.69 Å². The predicted molar refractivity (Wildman–Crippen MR) is 65.1 cm³/mol. The van der Waals surface area contributed by atoms with E-state index < -0.39 is 14.8 Å². The number of nitrogens with zero attached hydrogens (tertiary/aromatic N) is 1. The fourth-order valence-electron chi connectivity index (χ4n) is 1.28. The molecule has 0 saturated heterocycles. The zero-order chi connectivity index (χ0) is 13.1. The third-order valence-corrected chi connectivity index (χ3v) is 4.36. The summed E-state index contributed by atoms with van der Waals surface area (Å²) in [5.74, 6) is -0.0116. The second kappa shape index (κ2) is 5.46. The topological polar surface area (TPSA) is 77.3 Å². The fourth-order valence-corrected chi connectivity index (χ4v) is 2.94. The highest BCUT2D eigenvalue weighted by Crippen LogP contribution is 2.27. The van der Waals surface area contributed by atoms with Crippen LogP contribution in [0.25, 0.3) is 0 Å². The Morgan fingerprint density at radius 1 is 1.41 bits per heavy atom. The summed E-state index contributed by atoms with van der Waals surface area (Å²) in [5.41, 5.74) is -0.385. The first kappa shape index (κ1) is 13.9. The molecule has 0 aromatic heterocycles. The Hall–Kier alpha value is -1.14. The van der Waals surface area contributed by atoms with Gasteiger partial charge in [0.15, 0.2) is 9.84 Å². The first-order chi connectivity index (χ1) is 7.88. The highest BCUT2D eigenvalue weighted by molar-refractivity contribution is 7.91. The summed E-state index contributed by atoms with van der Waals surface area (Å²) < 4.78 is 23.6. The van der Waals surface area contributed by atoms with Gasteiger partial charge in [0.25, 0.3) is 5.69 Å². The van der Waals surface area contributed by atoms with Crippen LogP contribution in [0.1, 0.15) is 19.8 Å². The van der Waals surface area contributed by atoms with Crippen molar-refractivity contribution in [3.8, 4) is 0 Å². The molecule has 0 spiro atoms. The zero-order valence-electron chi connectivity index (χ0n) is 9.22. The lowest BCUT2D eigenvalue weighted by molar-refractivity contribution is -0.384. The predicted octanol–water partition coefficient (Wildman–Crippen LogP) is 2.82. The number of benzene rings is 1. The van der Waals surface area contributed by atoms with Gasteiger partial charge in [0.1, 0.15) is 5.02 Å². The summed E-state index contributed by atoms with van der Waals surface area (Å²) >= 11 is 5.61. The standard InChI is InChI=1S/C10H12ClNO4S/c1-2-3-6-17(15,16)8-4-5-9(11)10(7-8)12(13)14/h4-5,7H,2-3,6H2,1H3. The molecule has 1 rings (SSSR count). The van der Waals surface area contributed by atoms with Gasteiger partial charge in [0, 0.05) is 6.07 Å². The number of nitro groups is 1. The lowest BCUT2D eigenvalue weighted by Gasteiger charge is -2.04. The van der Waals surface area contributed by atoms with E-state index in [1.165, 1.54) is 12.1 Å². The van der Waals surface area contributed by atoms with Crippen LogP contribution in [-0.2, 0) is 9.84 Å². The molecule has 0 N–H and O–H groups in total. The number of nitro benzene ring substituents is 1. The summed E-state index contributed by atoms with van der Waals surface area (Å²) in [6.07, 6.45) is 1.27. The molecule has 0 fully saturated rings. The maximum atomic E-state index is 11.8. The molecule has 0 heterocycles. The van der Waals surface area contributed by atoms with Gasteiger partial charge in [-0.2, -0.15) is 0 Å². The Kier molecular flexibility index (Phi) is 4.47. The molecule has 17 heavy (non-hydrogen) atoms. The molecule has 1 aromatic carbocycles. The highest BCUT2D eigenvalue weighted by atomic mass is 35.5. The molecule has 0 aliphatic rings. The number of sulfone groups is 1. The molecule has 0 radical (unpaired) electrons. The average molecular weight is 278 g/mol. The van der Waals surface area contributed by atoms with Gasteiger partial charge in [-0.15, -0.1) is 0 Å². The molecule has 0 aliphatic carbocycles. The zero-order valence-corrected chi connectivity index (χ0v) is 10.8. The highest BCUT2D eigenvalue weighted by Gasteiger charge is 2.20. The first-order valence-electron chi connectivity index (χ1n) is 5.05. The molecule has 0 unspecified atom stereocenters. The van der Waals surface area contributed by atoms with Gasteiger partial charge in [-0.05, 0) is 18.6 Å².